The van der Waals surface area contributed by atoms with E-state index in [9.17, 15) is 13.2 Å². The molecule has 0 radical (unpaired) electrons. The average Bonchev–Trinajstić information content (AvgIpc) is 3.66. The fraction of sp³-hybridized carbons (Fsp3) is 0.214. The van der Waals surface area contributed by atoms with Gasteiger partial charge in [-0.25, -0.2) is 9.38 Å². The molecule has 0 unspecified atom stereocenters. The van der Waals surface area contributed by atoms with Crippen LogP contribution in [0.25, 0.3) is 0 Å². The maximum Gasteiger partial charge on any atom is 0.434 e. The van der Waals surface area contributed by atoms with Gasteiger partial charge < -0.3 is 11.1 Å². The molecule has 1 heterocycles. The fourth-order valence-corrected chi connectivity index (χ4v) is 4.16. The highest BCUT2D eigenvalue weighted by Crippen LogP contribution is 2.43. The van der Waals surface area contributed by atoms with Gasteiger partial charge in [-0.1, -0.05) is 30.8 Å². The van der Waals surface area contributed by atoms with Crippen LogP contribution in [0.5, 0.6) is 0 Å². The number of hydrogen-bond acceptors (Lipinski definition) is 4. The Labute approximate surface area is 207 Å². The van der Waals surface area contributed by atoms with E-state index in [2.05, 4.69) is 21.9 Å². The van der Waals surface area contributed by atoms with Crippen LogP contribution < -0.4 is 11.1 Å². The molecule has 1 fully saturated rings. The lowest BCUT2D eigenvalue weighted by atomic mass is 9.96. The van der Waals surface area contributed by atoms with Gasteiger partial charge in [0.05, 0.1) is 5.69 Å². The lowest BCUT2D eigenvalue weighted by Gasteiger charge is -2.18. The Hall–Kier alpha value is -3.94. The van der Waals surface area contributed by atoms with Gasteiger partial charge in [0.25, 0.3) is 0 Å². The number of nitrogens with zero attached hydrogens (tertiary/aromatic N) is 2. The number of hydrogen-bond donors (Lipinski definition) is 2. The maximum atomic E-state index is 15.0. The summed E-state index contributed by atoms with van der Waals surface area (Å²) in [7, 11) is 0. The molecule has 0 atom stereocenters. The van der Waals surface area contributed by atoms with Gasteiger partial charge in [0.1, 0.15) is 5.82 Å². The van der Waals surface area contributed by atoms with Crippen LogP contribution in [0.3, 0.4) is 0 Å². The lowest BCUT2D eigenvalue weighted by Crippen LogP contribution is -2.27. The minimum Gasteiger partial charge on any atom is -0.404 e. The summed E-state index contributed by atoms with van der Waals surface area (Å²) in [4.78, 5) is 8.12. The number of rotatable bonds is 8. The summed E-state index contributed by atoms with van der Waals surface area (Å²) in [6.45, 7) is 5.66. The second-order valence-corrected chi connectivity index (χ2v) is 8.70. The van der Waals surface area contributed by atoms with Crippen LogP contribution in [0.1, 0.15) is 41.1 Å². The monoisotopic (exact) mass is 494 g/mol. The van der Waals surface area contributed by atoms with Crippen LogP contribution in [-0.2, 0) is 6.42 Å². The molecule has 1 aliphatic rings. The van der Waals surface area contributed by atoms with Gasteiger partial charge in [-0.15, -0.1) is 0 Å². The molecule has 1 aliphatic carbocycles. The molecule has 1 saturated carbocycles. The Bertz CT molecular complexity index is 1320. The molecule has 0 amide bonds. The molecule has 0 bridgehead atoms. The molecule has 8 heteroatoms. The molecule has 0 aliphatic heterocycles. The fourth-order valence-electron chi connectivity index (χ4n) is 4.16. The highest BCUT2D eigenvalue weighted by molar-refractivity contribution is 6.09. The van der Waals surface area contributed by atoms with Gasteiger partial charge in [0.2, 0.25) is 0 Å². The first kappa shape index (κ1) is 25.2. The Morgan fingerprint density at radius 2 is 1.86 bits per heavy atom. The van der Waals surface area contributed by atoms with Crippen molar-refractivity contribution in [3.8, 4) is 0 Å². The predicted molar refractivity (Wildman–Crippen MR) is 135 cm³/mol. The van der Waals surface area contributed by atoms with Crippen molar-refractivity contribution in [3.63, 3.8) is 0 Å². The summed E-state index contributed by atoms with van der Waals surface area (Å²) < 4.78 is 56.5. The zero-order valence-corrected chi connectivity index (χ0v) is 19.7. The van der Waals surface area contributed by atoms with E-state index in [1.165, 1.54) is 23.8 Å². The molecule has 1 aromatic heterocycles. The molecular weight excluding hydrogens is 468 g/mol. The van der Waals surface area contributed by atoms with Crippen molar-refractivity contribution in [3.05, 3.63) is 113 Å². The van der Waals surface area contributed by atoms with Crippen LogP contribution in [0.2, 0.25) is 0 Å². The zero-order chi connectivity index (χ0) is 25.9. The topological polar surface area (TPSA) is 63.3 Å². The number of benzene rings is 2. The highest BCUT2D eigenvalue weighted by Gasteiger charge is 2.39. The van der Waals surface area contributed by atoms with Gasteiger partial charge in [0, 0.05) is 41.5 Å². The molecule has 36 heavy (non-hydrogen) atoms. The average molecular weight is 495 g/mol. The number of allylic oxidation sites excluding steroid dienone is 1. The number of nitrogens with two attached hydrogens (primary N) is 1. The van der Waals surface area contributed by atoms with E-state index in [4.69, 9.17) is 5.73 Å². The van der Waals surface area contributed by atoms with E-state index in [1.807, 2.05) is 13.0 Å². The zero-order valence-electron chi connectivity index (χ0n) is 19.7. The molecule has 4 nitrogen and oxygen atoms in total. The summed E-state index contributed by atoms with van der Waals surface area (Å²) in [6, 6.07) is 14.1. The summed E-state index contributed by atoms with van der Waals surface area (Å²) in [5, 5.41) is 2.74. The van der Waals surface area contributed by atoms with Gasteiger partial charge in [-0.2, -0.15) is 13.2 Å². The minimum absolute atomic E-state index is 0.115. The number of nitrogens with one attached hydrogen (secondary N) is 1. The normalized spacial score (nSPS) is 14.6. The first-order valence-corrected chi connectivity index (χ1v) is 11.5. The Morgan fingerprint density at radius 3 is 2.47 bits per heavy atom. The summed E-state index contributed by atoms with van der Waals surface area (Å²) >= 11 is 0. The second kappa shape index (κ2) is 10.4. The first-order valence-electron chi connectivity index (χ1n) is 11.5. The van der Waals surface area contributed by atoms with E-state index < -0.39 is 23.3 Å². The first-order chi connectivity index (χ1) is 17.2. The van der Waals surface area contributed by atoms with E-state index in [1.54, 1.807) is 36.5 Å². The third-order valence-corrected chi connectivity index (χ3v) is 6.01. The van der Waals surface area contributed by atoms with Crippen LogP contribution in [0, 0.1) is 12.7 Å². The largest absolute Gasteiger partial charge is 0.434 e. The van der Waals surface area contributed by atoms with Crippen molar-refractivity contribution in [2.75, 3.05) is 5.32 Å². The standard InChI is InChI=1S/C28H26F4N4/c1-17(24(16-33)27(28(30,31)32)36-22-6-4-3-5-7-22)35-23-11-10-20(25(29)15-23)14-21-12-13-34-18(2)26(21)19-8-9-19/h3-7,10-13,15-16,19,35H,1,8-9,14,33H2,2H3. The number of aliphatic imine (C=N–C) groups is 1. The molecular formula is C28H26F4N4. The SMILES string of the molecule is C=C(Nc1ccc(Cc2ccnc(C)c2C2CC2)c(F)c1)C(=CN)C(=Nc1ccccc1)C(F)(F)F. The number of alkyl halides is 3. The van der Waals surface area contributed by atoms with Gasteiger partial charge >= 0.3 is 6.18 Å². The number of pyridine rings is 1. The van der Waals surface area contributed by atoms with Crippen molar-refractivity contribution >= 4 is 17.1 Å². The predicted octanol–water partition coefficient (Wildman–Crippen LogP) is 7.10. The third-order valence-electron chi connectivity index (χ3n) is 6.01. The quantitative estimate of drug-likeness (QED) is 0.199. The molecule has 186 valence electrons. The maximum absolute atomic E-state index is 15.0. The van der Waals surface area contributed by atoms with Crippen LogP contribution in [-0.4, -0.2) is 16.9 Å². The van der Waals surface area contributed by atoms with Gasteiger partial charge in [-0.05, 0) is 72.7 Å². The molecule has 0 saturated heterocycles. The summed E-state index contributed by atoms with van der Waals surface area (Å²) in [6.07, 6.45) is 0.348. The third kappa shape index (κ3) is 5.82. The van der Waals surface area contributed by atoms with Crippen LogP contribution in [0.4, 0.5) is 28.9 Å². The van der Waals surface area contributed by atoms with Crippen molar-refractivity contribution in [1.29, 1.82) is 0 Å². The number of aryl methyl sites for hydroxylation is 1. The summed E-state index contributed by atoms with van der Waals surface area (Å²) in [5.74, 6) is -0.000775. The second-order valence-electron chi connectivity index (χ2n) is 8.70. The van der Waals surface area contributed by atoms with Gasteiger partial charge in [0.15, 0.2) is 5.71 Å². The van der Waals surface area contributed by atoms with Crippen molar-refractivity contribution < 1.29 is 17.6 Å². The smallest absolute Gasteiger partial charge is 0.404 e. The summed E-state index contributed by atoms with van der Waals surface area (Å²) in [5.41, 5.74) is 7.78. The number of aromatic nitrogens is 1. The van der Waals surface area contributed by atoms with Crippen molar-refractivity contribution in [1.82, 2.24) is 4.98 Å². The van der Waals surface area contributed by atoms with Gasteiger partial charge in [-0.3, -0.25) is 4.98 Å². The lowest BCUT2D eigenvalue weighted by molar-refractivity contribution is -0.0581. The van der Waals surface area contributed by atoms with E-state index in [0.29, 0.717) is 17.9 Å². The Kier molecular flexibility index (Phi) is 7.24. The molecule has 4 rings (SSSR count). The molecule has 3 N–H and O–H groups in total. The van der Waals surface area contributed by atoms with E-state index in [0.717, 1.165) is 30.3 Å². The number of anilines is 1. The van der Waals surface area contributed by atoms with Crippen molar-refractivity contribution in [2.24, 2.45) is 10.7 Å². The highest BCUT2D eigenvalue weighted by atomic mass is 19.4. The van der Waals surface area contributed by atoms with Crippen LogP contribution >= 0.6 is 0 Å². The van der Waals surface area contributed by atoms with Crippen molar-refractivity contribution in [2.45, 2.75) is 38.3 Å². The van der Waals surface area contributed by atoms with Crippen LogP contribution in [0.15, 0.2) is 89.8 Å². The van der Waals surface area contributed by atoms with E-state index in [-0.39, 0.29) is 17.1 Å². The van der Waals surface area contributed by atoms with E-state index >= 15 is 4.39 Å². The number of para-hydroxylation sites is 1. The molecule has 3 aromatic rings. The number of halogens is 4. The molecule has 2 aromatic carbocycles. The Balaban J connectivity index is 1.55. The minimum atomic E-state index is -4.79. The molecule has 0 spiro atoms. The Morgan fingerprint density at radius 1 is 1.14 bits per heavy atom.